The van der Waals surface area contributed by atoms with E-state index in [9.17, 15) is 14.7 Å². The van der Waals surface area contributed by atoms with Crippen molar-refractivity contribution in [1.82, 2.24) is 9.80 Å². The molecule has 0 aliphatic carbocycles. The maximum absolute atomic E-state index is 13.0. The number of hydrogen-bond acceptors (Lipinski definition) is 5. The summed E-state index contributed by atoms with van der Waals surface area (Å²) in [6.07, 6.45) is 0.778. The Morgan fingerprint density at radius 2 is 1.90 bits per heavy atom. The van der Waals surface area contributed by atoms with Gasteiger partial charge in [0.25, 0.3) is 11.7 Å². The fourth-order valence-corrected chi connectivity index (χ4v) is 4.84. The summed E-state index contributed by atoms with van der Waals surface area (Å²) in [6, 6.07) is 9.05. The maximum Gasteiger partial charge on any atom is 0.295 e. The van der Waals surface area contributed by atoms with Crippen molar-refractivity contribution in [2.75, 3.05) is 26.2 Å². The van der Waals surface area contributed by atoms with Gasteiger partial charge in [-0.1, -0.05) is 37.6 Å². The number of aryl methyl sites for hydroxylation is 2. The number of Topliss-reactive ketones (excluding diaryl/α,β-unsaturated/α-hetero) is 1. The number of carbonyl (C=O) groups is 2. The van der Waals surface area contributed by atoms with Gasteiger partial charge in [-0.2, -0.15) is 0 Å². The largest absolute Gasteiger partial charge is 0.507 e. The fourth-order valence-electron chi connectivity index (χ4n) is 3.99. The zero-order valence-corrected chi connectivity index (χ0v) is 19.0. The van der Waals surface area contributed by atoms with Gasteiger partial charge in [0.2, 0.25) is 0 Å². The lowest BCUT2D eigenvalue weighted by Crippen LogP contribution is -2.33. The summed E-state index contributed by atoms with van der Waals surface area (Å²) >= 11 is 1.50. The van der Waals surface area contributed by atoms with E-state index in [2.05, 4.69) is 18.7 Å². The first-order valence-corrected chi connectivity index (χ1v) is 11.4. The first-order chi connectivity index (χ1) is 14.4. The molecule has 1 aliphatic rings. The third-order valence-corrected chi connectivity index (χ3v) is 6.69. The van der Waals surface area contributed by atoms with Crippen molar-refractivity contribution in [2.24, 2.45) is 0 Å². The van der Waals surface area contributed by atoms with Crippen LogP contribution in [0.5, 0.6) is 0 Å². The van der Waals surface area contributed by atoms with E-state index in [0.717, 1.165) is 42.1 Å². The molecule has 1 unspecified atom stereocenters. The summed E-state index contributed by atoms with van der Waals surface area (Å²) in [4.78, 5) is 30.8. The second-order valence-corrected chi connectivity index (χ2v) is 8.69. The summed E-state index contributed by atoms with van der Waals surface area (Å²) in [7, 11) is 0. The van der Waals surface area contributed by atoms with E-state index in [1.165, 1.54) is 11.3 Å². The molecule has 1 aromatic carbocycles. The SMILES string of the molecule is CCN(CC)CCCN1C(=O)C(=O)/C(=C(\O)c2cc(C)ccc2C)C1c1cccs1. The molecule has 3 rings (SSSR count). The summed E-state index contributed by atoms with van der Waals surface area (Å²) in [5.41, 5.74) is 2.66. The Morgan fingerprint density at radius 3 is 2.53 bits per heavy atom. The Kier molecular flexibility index (Phi) is 7.10. The number of ketones is 1. The van der Waals surface area contributed by atoms with Crippen molar-refractivity contribution in [3.8, 4) is 0 Å². The molecule has 2 aromatic rings. The predicted molar refractivity (Wildman–Crippen MR) is 122 cm³/mol. The molecule has 0 saturated carbocycles. The van der Waals surface area contributed by atoms with Crippen molar-refractivity contribution in [3.05, 3.63) is 62.9 Å². The molecule has 0 spiro atoms. The van der Waals surface area contributed by atoms with Crippen molar-refractivity contribution in [3.63, 3.8) is 0 Å². The highest BCUT2D eigenvalue weighted by molar-refractivity contribution is 7.10. The van der Waals surface area contributed by atoms with Gasteiger partial charge in [-0.05, 0) is 63.0 Å². The van der Waals surface area contributed by atoms with Crippen LogP contribution in [0.1, 0.15) is 47.9 Å². The molecule has 160 valence electrons. The smallest absolute Gasteiger partial charge is 0.295 e. The van der Waals surface area contributed by atoms with Crippen LogP contribution in [0.3, 0.4) is 0 Å². The van der Waals surface area contributed by atoms with Crippen molar-refractivity contribution < 1.29 is 14.7 Å². The molecule has 2 heterocycles. The normalized spacial score (nSPS) is 18.6. The monoisotopic (exact) mass is 426 g/mol. The Hall–Kier alpha value is -2.44. The molecule has 6 heteroatoms. The van der Waals surface area contributed by atoms with Gasteiger partial charge in [0.15, 0.2) is 0 Å². The molecule has 30 heavy (non-hydrogen) atoms. The molecule has 1 fully saturated rings. The van der Waals surface area contributed by atoms with Crippen molar-refractivity contribution >= 4 is 28.8 Å². The van der Waals surface area contributed by atoms with Gasteiger partial charge in [-0.3, -0.25) is 9.59 Å². The molecule has 0 radical (unpaired) electrons. The minimum Gasteiger partial charge on any atom is -0.507 e. The number of aliphatic hydroxyl groups is 1. The Morgan fingerprint density at radius 1 is 1.17 bits per heavy atom. The summed E-state index contributed by atoms with van der Waals surface area (Å²) in [6.45, 7) is 11.3. The number of hydrogen-bond donors (Lipinski definition) is 1. The quantitative estimate of drug-likeness (QED) is 0.383. The Bertz CT molecular complexity index is 945. The van der Waals surface area contributed by atoms with Crippen LogP contribution >= 0.6 is 11.3 Å². The zero-order valence-electron chi connectivity index (χ0n) is 18.1. The number of nitrogens with zero attached hydrogens (tertiary/aromatic N) is 2. The summed E-state index contributed by atoms with van der Waals surface area (Å²) in [5.74, 6) is -1.21. The lowest BCUT2D eigenvalue weighted by molar-refractivity contribution is -0.139. The highest BCUT2D eigenvalue weighted by Gasteiger charge is 2.46. The van der Waals surface area contributed by atoms with Crippen LogP contribution in [0, 0.1) is 13.8 Å². The van der Waals surface area contributed by atoms with Crippen LogP contribution in [-0.4, -0.2) is 52.8 Å². The minimum atomic E-state index is -0.602. The molecular formula is C24H30N2O3S. The van der Waals surface area contributed by atoms with Gasteiger partial charge in [-0.25, -0.2) is 0 Å². The number of rotatable bonds is 8. The molecular weight excluding hydrogens is 396 g/mol. The van der Waals surface area contributed by atoms with Gasteiger partial charge in [0, 0.05) is 17.0 Å². The fraction of sp³-hybridized carbons (Fsp3) is 0.417. The third-order valence-electron chi connectivity index (χ3n) is 5.77. The molecule has 1 saturated heterocycles. The Labute approximate surface area is 182 Å². The zero-order chi connectivity index (χ0) is 21.8. The molecule has 0 bridgehead atoms. The van der Waals surface area contributed by atoms with Crippen molar-refractivity contribution in [2.45, 2.75) is 40.2 Å². The molecule has 1 aliphatic heterocycles. The topological polar surface area (TPSA) is 60.9 Å². The van der Waals surface area contributed by atoms with E-state index in [1.54, 1.807) is 4.90 Å². The van der Waals surface area contributed by atoms with Gasteiger partial charge < -0.3 is 14.9 Å². The van der Waals surface area contributed by atoms with E-state index in [-0.39, 0.29) is 11.3 Å². The van der Waals surface area contributed by atoms with Crippen LogP contribution < -0.4 is 0 Å². The number of aliphatic hydroxyl groups excluding tert-OH is 1. The molecule has 1 amide bonds. The van der Waals surface area contributed by atoms with Crippen LogP contribution in [0.2, 0.25) is 0 Å². The van der Waals surface area contributed by atoms with Gasteiger partial charge in [0.05, 0.1) is 11.6 Å². The lowest BCUT2D eigenvalue weighted by atomic mass is 9.96. The van der Waals surface area contributed by atoms with Gasteiger partial charge in [0.1, 0.15) is 5.76 Å². The van der Waals surface area contributed by atoms with Crippen LogP contribution in [0.15, 0.2) is 41.3 Å². The number of likely N-dealkylation sites (tertiary alicyclic amines) is 1. The molecule has 1 aromatic heterocycles. The van der Waals surface area contributed by atoms with E-state index in [0.29, 0.717) is 12.1 Å². The Balaban J connectivity index is 2.01. The standard InChI is InChI=1S/C24H30N2O3S/c1-5-25(6-2)12-8-13-26-21(19-9-7-14-30-19)20(23(28)24(26)29)22(27)18-15-16(3)10-11-17(18)4/h7,9-11,14-15,21,27H,5-6,8,12-13H2,1-4H3/b22-20-. The first kappa shape index (κ1) is 22.2. The van der Waals surface area contributed by atoms with Crippen LogP contribution in [0.25, 0.3) is 5.76 Å². The first-order valence-electron chi connectivity index (χ1n) is 10.5. The number of thiophene rings is 1. The second-order valence-electron chi connectivity index (χ2n) is 7.71. The van der Waals surface area contributed by atoms with E-state index in [4.69, 9.17) is 0 Å². The average Bonchev–Trinajstić information content (AvgIpc) is 3.35. The molecule has 1 N–H and O–H groups in total. The van der Waals surface area contributed by atoms with Gasteiger partial charge in [-0.15, -0.1) is 11.3 Å². The predicted octanol–water partition coefficient (Wildman–Crippen LogP) is 4.52. The maximum atomic E-state index is 13.0. The number of carbonyl (C=O) groups excluding carboxylic acids is 2. The average molecular weight is 427 g/mol. The van der Waals surface area contributed by atoms with E-state index < -0.39 is 17.7 Å². The van der Waals surface area contributed by atoms with Crippen LogP contribution in [0.4, 0.5) is 0 Å². The van der Waals surface area contributed by atoms with Crippen molar-refractivity contribution in [1.29, 1.82) is 0 Å². The molecule has 5 nitrogen and oxygen atoms in total. The highest BCUT2D eigenvalue weighted by Crippen LogP contribution is 2.41. The number of benzene rings is 1. The minimum absolute atomic E-state index is 0.0841. The lowest BCUT2D eigenvalue weighted by Gasteiger charge is -2.26. The van der Waals surface area contributed by atoms with Gasteiger partial charge >= 0.3 is 0 Å². The van der Waals surface area contributed by atoms with E-state index >= 15 is 0 Å². The third kappa shape index (κ3) is 4.35. The van der Waals surface area contributed by atoms with Crippen LogP contribution in [-0.2, 0) is 9.59 Å². The molecule has 1 atom stereocenters. The second kappa shape index (κ2) is 9.58. The van der Waals surface area contributed by atoms with E-state index in [1.807, 2.05) is 49.6 Å². The summed E-state index contributed by atoms with van der Waals surface area (Å²) < 4.78 is 0. The highest BCUT2D eigenvalue weighted by atomic mass is 32.1. The summed E-state index contributed by atoms with van der Waals surface area (Å²) in [5, 5.41) is 13.1. The number of amides is 1.